The van der Waals surface area contributed by atoms with Gasteiger partial charge in [-0.1, -0.05) is 24.3 Å². The molecule has 8 nitrogen and oxygen atoms in total. The predicted molar refractivity (Wildman–Crippen MR) is 96.5 cm³/mol. The molecule has 3 rings (SSSR count). The molecule has 0 bridgehead atoms. The Bertz CT molecular complexity index is 951. The van der Waals surface area contributed by atoms with E-state index in [0.717, 1.165) is 0 Å². The van der Waals surface area contributed by atoms with Crippen LogP contribution in [0.3, 0.4) is 0 Å². The number of imidazole rings is 1. The van der Waals surface area contributed by atoms with Crippen molar-refractivity contribution in [1.82, 2.24) is 9.55 Å². The van der Waals surface area contributed by atoms with Gasteiger partial charge in [0.1, 0.15) is 17.8 Å². The van der Waals surface area contributed by atoms with E-state index in [1.807, 2.05) is 6.07 Å². The molecule has 26 heavy (non-hydrogen) atoms. The lowest BCUT2D eigenvalue weighted by Crippen LogP contribution is -2.14. The van der Waals surface area contributed by atoms with E-state index in [-0.39, 0.29) is 5.69 Å². The van der Waals surface area contributed by atoms with Crippen LogP contribution in [-0.4, -0.2) is 34.7 Å². The summed E-state index contributed by atoms with van der Waals surface area (Å²) in [5.41, 5.74) is 1.42. The minimum Gasteiger partial charge on any atom is -0.410 e. The monoisotopic (exact) mass is 352 g/mol. The summed E-state index contributed by atoms with van der Waals surface area (Å²) < 4.78 is 6.42. The maximum absolute atomic E-state index is 12.2. The maximum Gasteiger partial charge on any atom is 0.424 e. The molecule has 0 amide bonds. The van der Waals surface area contributed by atoms with Crippen molar-refractivity contribution in [3.8, 4) is 17.0 Å². The molecule has 8 heteroatoms. The van der Waals surface area contributed by atoms with Crippen LogP contribution in [0.15, 0.2) is 61.1 Å². The quantitative estimate of drug-likeness (QED) is 0.527. The van der Waals surface area contributed by atoms with Gasteiger partial charge in [0.15, 0.2) is 0 Å². The number of para-hydroxylation sites is 1. The van der Waals surface area contributed by atoms with Crippen LogP contribution in [0.5, 0.6) is 5.75 Å². The van der Waals surface area contributed by atoms with Gasteiger partial charge in [0.2, 0.25) is 0 Å². The van der Waals surface area contributed by atoms with E-state index in [4.69, 9.17) is 4.74 Å². The number of nitro benzene ring substituents is 1. The third kappa shape index (κ3) is 3.54. The number of nitrogens with zero attached hydrogens (tertiary/aromatic N) is 4. The molecule has 1 aromatic heterocycles. The maximum atomic E-state index is 12.2. The van der Waals surface area contributed by atoms with E-state index in [0.29, 0.717) is 22.7 Å². The molecular formula is C18H16N4O4. The zero-order chi connectivity index (χ0) is 18.7. The van der Waals surface area contributed by atoms with Crippen LogP contribution in [0.4, 0.5) is 16.2 Å². The Morgan fingerprint density at radius 3 is 2.58 bits per heavy atom. The summed E-state index contributed by atoms with van der Waals surface area (Å²) in [7, 11) is 3.46. The van der Waals surface area contributed by atoms with Crippen molar-refractivity contribution in [3.05, 3.63) is 71.2 Å². The van der Waals surface area contributed by atoms with Gasteiger partial charge in [0, 0.05) is 31.9 Å². The summed E-state index contributed by atoms with van der Waals surface area (Å²) in [6, 6.07) is 13.5. The standard InChI is InChI=1S/C18H16N4O4/c1-20(2)16-9-8-13(10-17(16)22(24)25)15-11-21(12-19-15)18(23)26-14-6-4-3-5-7-14/h3-12H,1-2H3. The second kappa shape index (κ2) is 7.06. The number of hydrogen-bond donors (Lipinski definition) is 0. The molecule has 0 unspecified atom stereocenters. The lowest BCUT2D eigenvalue weighted by molar-refractivity contribution is -0.384. The number of aromatic nitrogens is 2. The molecule has 2 aromatic carbocycles. The van der Waals surface area contributed by atoms with Crippen molar-refractivity contribution in [2.75, 3.05) is 19.0 Å². The largest absolute Gasteiger partial charge is 0.424 e. The first-order valence-electron chi connectivity index (χ1n) is 7.73. The van der Waals surface area contributed by atoms with Gasteiger partial charge in [-0.3, -0.25) is 10.1 Å². The van der Waals surface area contributed by atoms with Crippen LogP contribution >= 0.6 is 0 Å². The topological polar surface area (TPSA) is 90.5 Å². The highest BCUT2D eigenvalue weighted by atomic mass is 16.6. The Morgan fingerprint density at radius 2 is 1.92 bits per heavy atom. The number of carbonyl (C=O) groups excluding carboxylic acids is 1. The van der Waals surface area contributed by atoms with Gasteiger partial charge in [-0.25, -0.2) is 14.3 Å². The first-order chi connectivity index (χ1) is 12.5. The Hall–Kier alpha value is -3.68. The Labute approximate surface area is 149 Å². The van der Waals surface area contributed by atoms with Gasteiger partial charge in [-0.15, -0.1) is 0 Å². The number of nitro groups is 1. The van der Waals surface area contributed by atoms with Crippen molar-refractivity contribution >= 4 is 17.5 Å². The molecule has 0 atom stereocenters. The second-order valence-corrected chi connectivity index (χ2v) is 5.70. The summed E-state index contributed by atoms with van der Waals surface area (Å²) in [5.74, 6) is 0.415. The fourth-order valence-corrected chi connectivity index (χ4v) is 2.42. The molecule has 1 heterocycles. The summed E-state index contributed by atoms with van der Waals surface area (Å²) >= 11 is 0. The molecule has 0 saturated carbocycles. The van der Waals surface area contributed by atoms with Crippen LogP contribution in [0.25, 0.3) is 11.3 Å². The van der Waals surface area contributed by atoms with Crippen LogP contribution in [0.1, 0.15) is 0 Å². The summed E-state index contributed by atoms with van der Waals surface area (Å²) in [5, 5.41) is 11.3. The van der Waals surface area contributed by atoms with Crippen molar-refractivity contribution in [2.45, 2.75) is 0 Å². The first kappa shape index (κ1) is 17.2. The van der Waals surface area contributed by atoms with Crippen molar-refractivity contribution in [1.29, 1.82) is 0 Å². The minimum absolute atomic E-state index is 0.0334. The normalized spacial score (nSPS) is 10.4. The molecule has 0 aliphatic heterocycles. The predicted octanol–water partition coefficient (Wildman–Crippen LogP) is 3.57. The van der Waals surface area contributed by atoms with Gasteiger partial charge in [0.25, 0.3) is 5.69 Å². The SMILES string of the molecule is CN(C)c1ccc(-c2cn(C(=O)Oc3ccccc3)cn2)cc1[N+](=O)[O-]. The van der Waals surface area contributed by atoms with Crippen LogP contribution in [0.2, 0.25) is 0 Å². The molecule has 0 fully saturated rings. The molecule has 0 spiro atoms. The lowest BCUT2D eigenvalue weighted by Gasteiger charge is -2.12. The summed E-state index contributed by atoms with van der Waals surface area (Å²) in [6.45, 7) is 0. The third-order valence-electron chi connectivity index (χ3n) is 3.69. The van der Waals surface area contributed by atoms with Crippen LogP contribution < -0.4 is 9.64 Å². The van der Waals surface area contributed by atoms with Crippen molar-refractivity contribution in [3.63, 3.8) is 0 Å². The Morgan fingerprint density at radius 1 is 1.19 bits per heavy atom. The molecular weight excluding hydrogens is 336 g/mol. The second-order valence-electron chi connectivity index (χ2n) is 5.70. The molecule has 0 N–H and O–H groups in total. The molecule has 0 aliphatic rings. The van der Waals surface area contributed by atoms with Crippen molar-refractivity contribution < 1.29 is 14.5 Å². The van der Waals surface area contributed by atoms with E-state index in [1.54, 1.807) is 55.4 Å². The van der Waals surface area contributed by atoms with E-state index in [9.17, 15) is 14.9 Å². The first-order valence-corrected chi connectivity index (χ1v) is 7.73. The molecule has 132 valence electrons. The average Bonchev–Trinajstić information content (AvgIpc) is 3.12. The van der Waals surface area contributed by atoms with E-state index < -0.39 is 11.0 Å². The highest BCUT2D eigenvalue weighted by Gasteiger charge is 2.18. The summed E-state index contributed by atoms with van der Waals surface area (Å²) in [4.78, 5) is 28.8. The number of hydrogen-bond acceptors (Lipinski definition) is 6. The number of carbonyl (C=O) groups is 1. The highest BCUT2D eigenvalue weighted by Crippen LogP contribution is 2.31. The van der Waals surface area contributed by atoms with E-state index in [1.165, 1.54) is 23.2 Å². The molecule has 0 aliphatic carbocycles. The lowest BCUT2D eigenvalue weighted by atomic mass is 10.1. The zero-order valence-corrected chi connectivity index (χ0v) is 14.2. The van der Waals surface area contributed by atoms with Crippen LogP contribution in [0, 0.1) is 10.1 Å². The van der Waals surface area contributed by atoms with E-state index in [2.05, 4.69) is 4.98 Å². The highest BCUT2D eigenvalue weighted by molar-refractivity contribution is 5.76. The molecule has 0 saturated heterocycles. The molecule has 3 aromatic rings. The fourth-order valence-electron chi connectivity index (χ4n) is 2.42. The van der Waals surface area contributed by atoms with Gasteiger partial charge >= 0.3 is 6.09 Å². The summed E-state index contributed by atoms with van der Waals surface area (Å²) in [6.07, 6.45) is 2.17. The number of anilines is 1. The minimum atomic E-state index is -0.616. The number of ether oxygens (including phenoxy) is 1. The number of benzene rings is 2. The van der Waals surface area contributed by atoms with Gasteiger partial charge < -0.3 is 9.64 Å². The Kier molecular flexibility index (Phi) is 4.66. The van der Waals surface area contributed by atoms with Crippen LogP contribution in [-0.2, 0) is 0 Å². The van der Waals surface area contributed by atoms with E-state index >= 15 is 0 Å². The smallest absolute Gasteiger partial charge is 0.410 e. The number of rotatable bonds is 4. The fraction of sp³-hybridized carbons (Fsp3) is 0.111. The molecule has 0 radical (unpaired) electrons. The van der Waals surface area contributed by atoms with Gasteiger partial charge in [-0.2, -0.15) is 0 Å². The van der Waals surface area contributed by atoms with Gasteiger partial charge in [-0.05, 0) is 18.2 Å². The van der Waals surface area contributed by atoms with Crippen molar-refractivity contribution in [2.24, 2.45) is 0 Å². The third-order valence-corrected chi connectivity index (χ3v) is 3.69. The Balaban J connectivity index is 1.86. The average molecular weight is 352 g/mol. The zero-order valence-electron chi connectivity index (χ0n) is 14.2. The van der Waals surface area contributed by atoms with Gasteiger partial charge in [0.05, 0.1) is 10.6 Å².